The molecule has 0 unspecified atom stereocenters. The topological polar surface area (TPSA) is 20.2 Å². The van der Waals surface area contributed by atoms with Crippen molar-refractivity contribution in [2.75, 3.05) is 0 Å². The molecule has 0 saturated carbocycles. The zero-order valence-electron chi connectivity index (χ0n) is 13.3. The monoisotopic (exact) mass is 310 g/mol. The molecule has 0 heterocycles. The first-order valence-corrected chi connectivity index (χ1v) is 8.16. The Morgan fingerprint density at radius 3 is 2.08 bits per heavy atom. The van der Waals surface area contributed by atoms with Gasteiger partial charge in [0, 0.05) is 0 Å². The minimum absolute atomic E-state index is 0.322. The van der Waals surface area contributed by atoms with E-state index in [0.29, 0.717) is 5.75 Å². The van der Waals surface area contributed by atoms with E-state index >= 15 is 0 Å². The summed E-state index contributed by atoms with van der Waals surface area (Å²) in [6, 6.07) is 30.6. The van der Waals surface area contributed by atoms with E-state index in [9.17, 15) is 0 Å². The Morgan fingerprint density at radius 2 is 1.29 bits per heavy atom. The number of phenols is 1. The van der Waals surface area contributed by atoms with Gasteiger partial charge in [-0.05, 0) is 51.6 Å². The highest BCUT2D eigenvalue weighted by Gasteiger charge is 2.19. The molecule has 1 N–H and O–H groups in total. The first-order valence-electron chi connectivity index (χ1n) is 8.16. The van der Waals surface area contributed by atoms with Crippen molar-refractivity contribution in [3.8, 4) is 16.9 Å². The predicted molar refractivity (Wildman–Crippen MR) is 100 cm³/mol. The average Bonchev–Trinajstić information content (AvgIpc) is 3.02. The average molecular weight is 310 g/mol. The van der Waals surface area contributed by atoms with Crippen LogP contribution in [0.5, 0.6) is 5.75 Å². The van der Waals surface area contributed by atoms with Gasteiger partial charge in [0.2, 0.25) is 0 Å². The standard InChI is InChI=1S/C17H12.C6H6O/c1-3-7-14-12(5-1)9-10-16-15-8-4-2-6-13(15)11-17(14)16;7-6-4-2-1-3-5-6/h1-10H,11H2;1-5,7H. The third-order valence-electron chi connectivity index (χ3n) is 4.47. The summed E-state index contributed by atoms with van der Waals surface area (Å²) in [5, 5.41) is 11.4. The quantitative estimate of drug-likeness (QED) is 0.383. The summed E-state index contributed by atoms with van der Waals surface area (Å²) in [6.07, 6.45) is 1.08. The minimum atomic E-state index is 0.322. The normalized spacial score (nSPS) is 11.3. The molecule has 116 valence electrons. The van der Waals surface area contributed by atoms with Gasteiger partial charge in [0.05, 0.1) is 0 Å². The Bertz CT molecular complexity index is 987. The van der Waals surface area contributed by atoms with Crippen molar-refractivity contribution in [3.63, 3.8) is 0 Å². The van der Waals surface area contributed by atoms with Crippen molar-refractivity contribution in [1.29, 1.82) is 0 Å². The molecule has 24 heavy (non-hydrogen) atoms. The van der Waals surface area contributed by atoms with Crippen LogP contribution in [0.25, 0.3) is 21.9 Å². The van der Waals surface area contributed by atoms with Gasteiger partial charge in [-0.2, -0.15) is 0 Å². The Labute approximate surface area is 141 Å². The lowest BCUT2D eigenvalue weighted by atomic mass is 9.99. The zero-order valence-corrected chi connectivity index (χ0v) is 13.3. The Kier molecular flexibility index (Phi) is 3.76. The van der Waals surface area contributed by atoms with Crippen LogP contribution in [0, 0.1) is 0 Å². The fourth-order valence-electron chi connectivity index (χ4n) is 3.33. The molecule has 0 aliphatic heterocycles. The number of aromatic hydroxyl groups is 1. The Balaban J connectivity index is 0.000000177. The van der Waals surface area contributed by atoms with Crippen molar-refractivity contribution in [2.24, 2.45) is 0 Å². The summed E-state index contributed by atoms with van der Waals surface area (Å²) in [5.74, 6) is 0.322. The van der Waals surface area contributed by atoms with Crippen LogP contribution in [0.1, 0.15) is 11.1 Å². The molecule has 0 fully saturated rings. The summed E-state index contributed by atoms with van der Waals surface area (Å²) in [7, 11) is 0. The first-order chi connectivity index (χ1) is 11.8. The van der Waals surface area contributed by atoms with Gasteiger partial charge < -0.3 is 5.11 Å². The van der Waals surface area contributed by atoms with Crippen molar-refractivity contribution < 1.29 is 5.11 Å². The van der Waals surface area contributed by atoms with Gasteiger partial charge >= 0.3 is 0 Å². The van der Waals surface area contributed by atoms with E-state index in [1.165, 1.54) is 33.0 Å². The summed E-state index contributed by atoms with van der Waals surface area (Å²) in [4.78, 5) is 0. The first kappa shape index (κ1) is 14.5. The number of phenolic OH excluding ortho intramolecular Hbond substituents is 1. The number of fused-ring (bicyclic) bond motifs is 5. The molecular weight excluding hydrogens is 292 g/mol. The second-order valence-electron chi connectivity index (χ2n) is 5.98. The highest BCUT2D eigenvalue weighted by Crippen LogP contribution is 2.39. The summed E-state index contributed by atoms with van der Waals surface area (Å²) < 4.78 is 0. The lowest BCUT2D eigenvalue weighted by Gasteiger charge is -2.05. The van der Waals surface area contributed by atoms with Crippen LogP contribution < -0.4 is 0 Å². The molecular formula is C23H18O. The van der Waals surface area contributed by atoms with Gasteiger partial charge in [-0.1, -0.05) is 78.9 Å². The number of hydrogen-bond donors (Lipinski definition) is 1. The molecule has 0 amide bonds. The van der Waals surface area contributed by atoms with Crippen LogP contribution in [0.2, 0.25) is 0 Å². The van der Waals surface area contributed by atoms with Gasteiger partial charge in [-0.3, -0.25) is 0 Å². The van der Waals surface area contributed by atoms with Gasteiger partial charge in [-0.15, -0.1) is 0 Å². The van der Waals surface area contributed by atoms with Crippen LogP contribution in [0.15, 0.2) is 91.0 Å². The molecule has 4 aromatic carbocycles. The van der Waals surface area contributed by atoms with Crippen molar-refractivity contribution in [1.82, 2.24) is 0 Å². The number of benzene rings is 4. The van der Waals surface area contributed by atoms with Crippen LogP contribution in [0.3, 0.4) is 0 Å². The highest BCUT2D eigenvalue weighted by atomic mass is 16.3. The van der Waals surface area contributed by atoms with E-state index in [-0.39, 0.29) is 0 Å². The van der Waals surface area contributed by atoms with E-state index in [2.05, 4.69) is 60.7 Å². The summed E-state index contributed by atoms with van der Waals surface area (Å²) in [5.41, 5.74) is 5.77. The number of rotatable bonds is 0. The van der Waals surface area contributed by atoms with Crippen molar-refractivity contribution in [2.45, 2.75) is 6.42 Å². The molecule has 1 nitrogen and oxygen atoms in total. The van der Waals surface area contributed by atoms with Crippen LogP contribution in [-0.2, 0) is 6.42 Å². The highest BCUT2D eigenvalue weighted by molar-refractivity contribution is 5.95. The maximum absolute atomic E-state index is 8.63. The van der Waals surface area contributed by atoms with E-state index in [1.807, 2.05) is 6.07 Å². The van der Waals surface area contributed by atoms with Crippen LogP contribution in [-0.4, -0.2) is 5.11 Å². The minimum Gasteiger partial charge on any atom is -0.508 e. The van der Waals surface area contributed by atoms with Crippen LogP contribution >= 0.6 is 0 Å². The van der Waals surface area contributed by atoms with Gasteiger partial charge in [-0.25, -0.2) is 0 Å². The third kappa shape index (κ3) is 2.65. The van der Waals surface area contributed by atoms with E-state index < -0.39 is 0 Å². The van der Waals surface area contributed by atoms with E-state index in [0.717, 1.165) is 6.42 Å². The molecule has 0 aromatic heterocycles. The molecule has 5 rings (SSSR count). The SMILES string of the molecule is Oc1ccccc1.c1ccc2c(c1)Cc1c-2ccc2ccccc12. The van der Waals surface area contributed by atoms with Crippen molar-refractivity contribution in [3.05, 3.63) is 102 Å². The Hall–Kier alpha value is -3.06. The second kappa shape index (κ2) is 6.21. The molecule has 1 aliphatic carbocycles. The maximum Gasteiger partial charge on any atom is 0.115 e. The number of para-hydroxylation sites is 1. The van der Waals surface area contributed by atoms with Crippen LogP contribution in [0.4, 0.5) is 0 Å². The fourth-order valence-corrected chi connectivity index (χ4v) is 3.33. The molecule has 0 atom stereocenters. The molecule has 0 spiro atoms. The molecule has 1 aliphatic rings. The molecule has 4 aromatic rings. The van der Waals surface area contributed by atoms with Crippen molar-refractivity contribution >= 4 is 10.8 Å². The molecule has 0 radical (unpaired) electrons. The lowest BCUT2D eigenvalue weighted by Crippen LogP contribution is -1.83. The largest absolute Gasteiger partial charge is 0.508 e. The fraction of sp³-hybridized carbons (Fsp3) is 0.0435. The summed E-state index contributed by atoms with van der Waals surface area (Å²) in [6.45, 7) is 0. The molecule has 0 bridgehead atoms. The molecule has 0 saturated heterocycles. The third-order valence-corrected chi connectivity index (χ3v) is 4.47. The Morgan fingerprint density at radius 1 is 0.583 bits per heavy atom. The lowest BCUT2D eigenvalue weighted by molar-refractivity contribution is 0.475. The maximum atomic E-state index is 8.63. The van der Waals surface area contributed by atoms with Gasteiger partial charge in [0.15, 0.2) is 0 Å². The van der Waals surface area contributed by atoms with Gasteiger partial charge in [0.1, 0.15) is 5.75 Å². The smallest absolute Gasteiger partial charge is 0.115 e. The van der Waals surface area contributed by atoms with E-state index in [1.54, 1.807) is 24.3 Å². The van der Waals surface area contributed by atoms with Gasteiger partial charge in [0.25, 0.3) is 0 Å². The zero-order chi connectivity index (χ0) is 16.4. The molecule has 1 heteroatoms. The predicted octanol–water partition coefficient (Wildman–Crippen LogP) is 5.80. The van der Waals surface area contributed by atoms with E-state index in [4.69, 9.17) is 5.11 Å². The second-order valence-corrected chi connectivity index (χ2v) is 5.98. The number of hydrogen-bond acceptors (Lipinski definition) is 1. The summed E-state index contributed by atoms with van der Waals surface area (Å²) >= 11 is 0.